The Kier molecular flexibility index (Phi) is 7.37. The Labute approximate surface area is 163 Å². The van der Waals surface area contributed by atoms with E-state index < -0.39 is 0 Å². The molecular formula is C20H22ClN3O3. The maximum Gasteiger partial charge on any atom is 0.251 e. The molecule has 142 valence electrons. The fourth-order valence-electron chi connectivity index (χ4n) is 2.44. The Bertz CT molecular complexity index is 821. The molecule has 2 N–H and O–H groups in total. The van der Waals surface area contributed by atoms with E-state index in [2.05, 4.69) is 10.6 Å². The van der Waals surface area contributed by atoms with Gasteiger partial charge < -0.3 is 15.5 Å². The SMILES string of the molecule is CCc1ccccc1NC(=O)CN(C)C(=O)CNC(=O)c1ccc(Cl)cc1. The molecule has 2 aromatic carbocycles. The molecule has 0 aliphatic rings. The number of halogens is 1. The highest BCUT2D eigenvalue weighted by Crippen LogP contribution is 2.15. The highest BCUT2D eigenvalue weighted by Gasteiger charge is 2.15. The lowest BCUT2D eigenvalue weighted by molar-refractivity contribution is -0.132. The molecule has 2 aromatic rings. The van der Waals surface area contributed by atoms with Gasteiger partial charge in [0.25, 0.3) is 5.91 Å². The highest BCUT2D eigenvalue weighted by atomic mass is 35.5. The summed E-state index contributed by atoms with van der Waals surface area (Å²) in [5.41, 5.74) is 2.17. The summed E-state index contributed by atoms with van der Waals surface area (Å²) >= 11 is 5.78. The average Bonchev–Trinajstić information content (AvgIpc) is 2.66. The molecule has 0 saturated heterocycles. The Morgan fingerprint density at radius 1 is 1.04 bits per heavy atom. The van der Waals surface area contributed by atoms with Crippen molar-refractivity contribution in [2.75, 3.05) is 25.5 Å². The van der Waals surface area contributed by atoms with Gasteiger partial charge in [0.2, 0.25) is 11.8 Å². The summed E-state index contributed by atoms with van der Waals surface area (Å²) in [4.78, 5) is 37.6. The van der Waals surface area contributed by atoms with E-state index in [1.807, 2.05) is 31.2 Å². The monoisotopic (exact) mass is 387 g/mol. The summed E-state index contributed by atoms with van der Waals surface area (Å²) in [5, 5.41) is 5.87. The number of benzene rings is 2. The zero-order chi connectivity index (χ0) is 19.8. The van der Waals surface area contributed by atoms with E-state index in [1.165, 1.54) is 11.9 Å². The summed E-state index contributed by atoms with van der Waals surface area (Å²) in [6, 6.07) is 13.9. The topological polar surface area (TPSA) is 78.5 Å². The number of likely N-dealkylation sites (N-methyl/N-ethyl adjacent to an activating group) is 1. The number of hydrogen-bond acceptors (Lipinski definition) is 3. The molecule has 27 heavy (non-hydrogen) atoms. The van der Waals surface area contributed by atoms with Crippen molar-refractivity contribution in [2.24, 2.45) is 0 Å². The number of carbonyl (C=O) groups excluding carboxylic acids is 3. The average molecular weight is 388 g/mol. The number of para-hydroxylation sites is 1. The van der Waals surface area contributed by atoms with Gasteiger partial charge in [0.15, 0.2) is 0 Å². The van der Waals surface area contributed by atoms with Crippen molar-refractivity contribution in [3.8, 4) is 0 Å². The molecule has 0 aliphatic carbocycles. The van der Waals surface area contributed by atoms with Gasteiger partial charge in [-0.1, -0.05) is 36.7 Å². The quantitative estimate of drug-likeness (QED) is 0.766. The summed E-state index contributed by atoms with van der Waals surface area (Å²) in [5.74, 6) is -1.04. The van der Waals surface area contributed by atoms with Gasteiger partial charge in [-0.05, 0) is 42.3 Å². The number of amides is 3. The van der Waals surface area contributed by atoms with Crippen LogP contribution in [0, 0.1) is 0 Å². The van der Waals surface area contributed by atoms with Gasteiger partial charge in [0, 0.05) is 23.3 Å². The number of anilines is 1. The van der Waals surface area contributed by atoms with E-state index >= 15 is 0 Å². The lowest BCUT2D eigenvalue weighted by atomic mass is 10.1. The van der Waals surface area contributed by atoms with Crippen LogP contribution in [-0.4, -0.2) is 42.8 Å². The van der Waals surface area contributed by atoms with Crippen LogP contribution in [0.3, 0.4) is 0 Å². The standard InChI is InChI=1S/C20H22ClN3O3/c1-3-14-6-4-5-7-17(14)23-18(25)13-24(2)19(26)12-22-20(27)15-8-10-16(21)11-9-15/h4-11H,3,12-13H2,1-2H3,(H,22,27)(H,23,25). The lowest BCUT2D eigenvalue weighted by Gasteiger charge is -2.18. The fraction of sp³-hybridized carbons (Fsp3) is 0.250. The van der Waals surface area contributed by atoms with Crippen molar-refractivity contribution >= 4 is 35.0 Å². The fourth-order valence-corrected chi connectivity index (χ4v) is 2.56. The predicted molar refractivity (Wildman–Crippen MR) is 106 cm³/mol. The van der Waals surface area contributed by atoms with Crippen molar-refractivity contribution in [1.82, 2.24) is 10.2 Å². The van der Waals surface area contributed by atoms with E-state index in [0.29, 0.717) is 10.6 Å². The third-order valence-corrected chi connectivity index (χ3v) is 4.24. The Morgan fingerprint density at radius 3 is 2.37 bits per heavy atom. The van der Waals surface area contributed by atoms with Crippen molar-refractivity contribution in [2.45, 2.75) is 13.3 Å². The van der Waals surface area contributed by atoms with Crippen molar-refractivity contribution in [3.63, 3.8) is 0 Å². The molecule has 3 amide bonds. The summed E-state index contributed by atoms with van der Waals surface area (Å²) in [6.45, 7) is 1.70. The number of nitrogens with one attached hydrogen (secondary N) is 2. The van der Waals surface area contributed by atoms with E-state index in [-0.39, 0.29) is 30.8 Å². The van der Waals surface area contributed by atoms with Gasteiger partial charge in [0.05, 0.1) is 13.1 Å². The Balaban J connectivity index is 1.83. The largest absolute Gasteiger partial charge is 0.343 e. The molecule has 0 unspecified atom stereocenters. The van der Waals surface area contributed by atoms with Gasteiger partial charge >= 0.3 is 0 Å². The van der Waals surface area contributed by atoms with Crippen LogP contribution in [0.2, 0.25) is 5.02 Å². The van der Waals surface area contributed by atoms with Crippen molar-refractivity contribution < 1.29 is 14.4 Å². The highest BCUT2D eigenvalue weighted by molar-refractivity contribution is 6.30. The van der Waals surface area contributed by atoms with Crippen LogP contribution in [0.25, 0.3) is 0 Å². The first-order valence-corrected chi connectivity index (χ1v) is 8.94. The smallest absolute Gasteiger partial charge is 0.251 e. The van der Waals surface area contributed by atoms with Crippen LogP contribution in [0.1, 0.15) is 22.8 Å². The first kappa shape index (κ1) is 20.5. The molecule has 0 aromatic heterocycles. The molecule has 0 aliphatic heterocycles. The Hall–Kier alpha value is -2.86. The molecule has 0 bridgehead atoms. The number of nitrogens with zero attached hydrogens (tertiary/aromatic N) is 1. The molecule has 0 fully saturated rings. The molecular weight excluding hydrogens is 366 g/mol. The minimum absolute atomic E-state index is 0.103. The molecule has 6 nitrogen and oxygen atoms in total. The summed E-state index contributed by atoms with van der Waals surface area (Å²) in [7, 11) is 1.52. The predicted octanol–water partition coefficient (Wildman–Crippen LogP) is 2.73. The molecule has 0 radical (unpaired) electrons. The maximum absolute atomic E-state index is 12.2. The first-order chi connectivity index (χ1) is 12.9. The van der Waals surface area contributed by atoms with Gasteiger partial charge in [-0.15, -0.1) is 0 Å². The minimum atomic E-state index is -0.380. The normalized spacial score (nSPS) is 10.2. The third kappa shape index (κ3) is 6.11. The van der Waals surface area contributed by atoms with Crippen LogP contribution in [0.5, 0.6) is 0 Å². The van der Waals surface area contributed by atoms with Crippen LogP contribution < -0.4 is 10.6 Å². The van der Waals surface area contributed by atoms with Crippen molar-refractivity contribution in [1.29, 1.82) is 0 Å². The molecule has 0 saturated carbocycles. The van der Waals surface area contributed by atoms with Gasteiger partial charge in [-0.2, -0.15) is 0 Å². The van der Waals surface area contributed by atoms with E-state index in [0.717, 1.165) is 17.7 Å². The van der Waals surface area contributed by atoms with Gasteiger partial charge in [-0.3, -0.25) is 14.4 Å². The van der Waals surface area contributed by atoms with Gasteiger partial charge in [-0.25, -0.2) is 0 Å². The molecule has 0 atom stereocenters. The minimum Gasteiger partial charge on any atom is -0.343 e. The van der Waals surface area contributed by atoms with Crippen LogP contribution in [0.15, 0.2) is 48.5 Å². The van der Waals surface area contributed by atoms with Gasteiger partial charge in [0.1, 0.15) is 0 Å². The zero-order valence-corrected chi connectivity index (χ0v) is 16.0. The number of aryl methyl sites for hydroxylation is 1. The molecule has 0 spiro atoms. The van der Waals surface area contributed by atoms with E-state index in [9.17, 15) is 14.4 Å². The van der Waals surface area contributed by atoms with E-state index in [1.54, 1.807) is 24.3 Å². The maximum atomic E-state index is 12.2. The lowest BCUT2D eigenvalue weighted by Crippen LogP contribution is -2.41. The number of carbonyl (C=O) groups is 3. The summed E-state index contributed by atoms with van der Waals surface area (Å²) in [6.07, 6.45) is 0.794. The van der Waals surface area contributed by atoms with Crippen LogP contribution in [0.4, 0.5) is 5.69 Å². The zero-order valence-electron chi connectivity index (χ0n) is 15.3. The molecule has 2 rings (SSSR count). The second-order valence-electron chi connectivity index (χ2n) is 6.00. The second-order valence-corrected chi connectivity index (χ2v) is 6.43. The van der Waals surface area contributed by atoms with E-state index in [4.69, 9.17) is 11.6 Å². The summed E-state index contributed by atoms with van der Waals surface area (Å²) < 4.78 is 0. The third-order valence-electron chi connectivity index (χ3n) is 3.99. The van der Waals surface area contributed by atoms with Crippen LogP contribution >= 0.6 is 11.6 Å². The van der Waals surface area contributed by atoms with Crippen LogP contribution in [-0.2, 0) is 16.0 Å². The number of hydrogen-bond donors (Lipinski definition) is 2. The second kappa shape index (κ2) is 9.73. The molecule has 0 heterocycles. The molecule has 7 heteroatoms. The Morgan fingerprint density at radius 2 is 1.70 bits per heavy atom. The van der Waals surface area contributed by atoms with Crippen molar-refractivity contribution in [3.05, 3.63) is 64.7 Å². The first-order valence-electron chi connectivity index (χ1n) is 8.56. The number of rotatable bonds is 7.